The second-order valence-corrected chi connectivity index (χ2v) is 10.2. The van der Waals surface area contributed by atoms with Crippen molar-refractivity contribution >= 4 is 28.2 Å². The average molecular weight is 494 g/mol. The first-order valence-electron chi connectivity index (χ1n) is 12.7. The summed E-state index contributed by atoms with van der Waals surface area (Å²) in [5.74, 6) is -1.72. The number of anilines is 2. The average Bonchev–Trinajstić information content (AvgIpc) is 3.70. The van der Waals surface area contributed by atoms with Crippen molar-refractivity contribution in [3.63, 3.8) is 0 Å². The number of aromatic nitrogens is 2. The van der Waals surface area contributed by atoms with E-state index in [1.54, 1.807) is 13.0 Å². The highest BCUT2D eigenvalue weighted by atomic mass is 19.3. The van der Waals surface area contributed by atoms with E-state index in [2.05, 4.69) is 38.6 Å². The molecule has 0 bridgehead atoms. The fourth-order valence-electron chi connectivity index (χ4n) is 5.23. The summed E-state index contributed by atoms with van der Waals surface area (Å²) in [6.45, 7) is 9.61. The highest BCUT2D eigenvalue weighted by Crippen LogP contribution is 2.35. The van der Waals surface area contributed by atoms with Crippen molar-refractivity contribution < 1.29 is 13.6 Å². The molecule has 8 heteroatoms. The minimum atomic E-state index is -2.90. The van der Waals surface area contributed by atoms with Crippen LogP contribution in [0, 0.1) is 19.8 Å². The fourth-order valence-corrected chi connectivity index (χ4v) is 5.23. The Morgan fingerprint density at radius 3 is 2.44 bits per heavy atom. The molecule has 2 aromatic carbocycles. The number of hydrogen-bond donors (Lipinski definition) is 1. The molecule has 2 aliphatic rings. The second kappa shape index (κ2) is 9.30. The molecule has 2 heterocycles. The predicted molar refractivity (Wildman–Crippen MR) is 139 cm³/mol. The Kier molecular flexibility index (Phi) is 6.30. The van der Waals surface area contributed by atoms with Crippen molar-refractivity contribution in [2.45, 2.75) is 52.5 Å². The molecule has 0 spiro atoms. The maximum Gasteiger partial charge on any atom is 0.270 e. The molecule has 3 aromatic rings. The number of hydrogen-bond acceptors (Lipinski definition) is 5. The fraction of sp³-hybridized carbons (Fsp3) is 0.464. The van der Waals surface area contributed by atoms with Gasteiger partial charge in [-0.15, -0.1) is 5.10 Å². The summed E-state index contributed by atoms with van der Waals surface area (Å²) in [6, 6.07) is 11.1. The molecule has 1 aromatic heterocycles. The Balaban J connectivity index is 1.40. The van der Waals surface area contributed by atoms with Crippen LogP contribution >= 0.6 is 0 Å². The number of rotatable bonds is 6. The highest BCUT2D eigenvalue weighted by molar-refractivity contribution is 5.95. The zero-order valence-corrected chi connectivity index (χ0v) is 21.3. The van der Waals surface area contributed by atoms with Crippen LogP contribution in [-0.4, -0.2) is 47.2 Å². The van der Waals surface area contributed by atoms with Crippen LogP contribution in [0.25, 0.3) is 10.8 Å². The van der Waals surface area contributed by atoms with Gasteiger partial charge < -0.3 is 15.1 Å². The van der Waals surface area contributed by atoms with Crippen molar-refractivity contribution in [2.75, 3.05) is 36.4 Å². The summed E-state index contributed by atoms with van der Waals surface area (Å²) in [6.07, 6.45) is 2.06. The smallest absolute Gasteiger partial charge is 0.270 e. The van der Waals surface area contributed by atoms with Gasteiger partial charge in [0.25, 0.3) is 5.92 Å². The molecule has 36 heavy (non-hydrogen) atoms. The minimum Gasteiger partial charge on any atom is -0.368 e. The summed E-state index contributed by atoms with van der Waals surface area (Å²) in [5, 5.41) is 14.1. The van der Waals surface area contributed by atoms with Crippen LogP contribution in [0.2, 0.25) is 0 Å². The molecule has 0 radical (unpaired) electrons. The number of aryl methyl sites for hydroxylation is 1. The number of amides is 1. The molecule has 1 N–H and O–H groups in total. The van der Waals surface area contributed by atoms with Crippen LogP contribution in [-0.2, 0) is 10.7 Å². The molecular formula is C28H33F2N5O. The lowest BCUT2D eigenvalue weighted by Crippen LogP contribution is -2.49. The van der Waals surface area contributed by atoms with Crippen molar-refractivity contribution in [1.82, 2.24) is 15.1 Å². The predicted octanol–water partition coefficient (Wildman–Crippen LogP) is 5.59. The summed E-state index contributed by atoms with van der Waals surface area (Å²) >= 11 is 0. The molecule has 1 saturated carbocycles. The second-order valence-electron chi connectivity index (χ2n) is 10.2. The first kappa shape index (κ1) is 24.4. The third-order valence-corrected chi connectivity index (χ3v) is 7.50. The van der Waals surface area contributed by atoms with Gasteiger partial charge in [0.2, 0.25) is 5.91 Å². The van der Waals surface area contributed by atoms with E-state index in [9.17, 15) is 13.6 Å². The van der Waals surface area contributed by atoms with Gasteiger partial charge in [0, 0.05) is 61.0 Å². The summed E-state index contributed by atoms with van der Waals surface area (Å²) in [4.78, 5) is 16.7. The van der Waals surface area contributed by atoms with Crippen molar-refractivity contribution in [3.8, 4) is 0 Å². The van der Waals surface area contributed by atoms with Crippen LogP contribution < -0.4 is 10.2 Å². The molecule has 1 aliphatic carbocycles. The van der Waals surface area contributed by atoms with E-state index in [0.717, 1.165) is 73.7 Å². The van der Waals surface area contributed by atoms with E-state index in [-0.39, 0.29) is 17.5 Å². The third kappa shape index (κ3) is 4.73. The molecule has 1 aliphatic heterocycles. The zero-order chi connectivity index (χ0) is 25.6. The van der Waals surface area contributed by atoms with E-state index < -0.39 is 5.92 Å². The Labute approximate surface area is 210 Å². The molecule has 0 unspecified atom stereocenters. The lowest BCUT2D eigenvalue weighted by atomic mass is 9.94. The van der Waals surface area contributed by atoms with Crippen molar-refractivity contribution in [2.24, 2.45) is 5.92 Å². The van der Waals surface area contributed by atoms with Gasteiger partial charge >= 0.3 is 0 Å². The van der Waals surface area contributed by atoms with Gasteiger partial charge in [0.1, 0.15) is 0 Å². The Morgan fingerprint density at radius 1 is 1.06 bits per heavy atom. The Morgan fingerprint density at radius 2 is 1.78 bits per heavy atom. The van der Waals surface area contributed by atoms with Crippen LogP contribution in [0.1, 0.15) is 55.1 Å². The van der Waals surface area contributed by atoms with E-state index in [4.69, 9.17) is 0 Å². The number of piperazine rings is 1. The summed E-state index contributed by atoms with van der Waals surface area (Å²) in [5.41, 5.74) is 3.33. The SMILES string of the molecule is Cc1c([C@@H](C)Nc2nnc(C)c3ccc(N4CCN(C(=O)C5CC5)CC4)cc23)cccc1C(C)(F)F. The van der Waals surface area contributed by atoms with E-state index in [1.165, 1.54) is 6.07 Å². The molecule has 1 amide bonds. The van der Waals surface area contributed by atoms with Crippen LogP contribution in [0.3, 0.4) is 0 Å². The first-order valence-corrected chi connectivity index (χ1v) is 12.7. The van der Waals surface area contributed by atoms with Gasteiger partial charge in [0.05, 0.1) is 11.7 Å². The Hall–Kier alpha value is -3.29. The molecule has 1 atom stereocenters. The van der Waals surface area contributed by atoms with E-state index in [1.807, 2.05) is 24.8 Å². The summed E-state index contributed by atoms with van der Waals surface area (Å²) in [7, 11) is 0. The number of carbonyl (C=O) groups is 1. The van der Waals surface area contributed by atoms with Gasteiger partial charge in [-0.05, 0) is 56.9 Å². The van der Waals surface area contributed by atoms with Crippen molar-refractivity contribution in [3.05, 3.63) is 58.8 Å². The molecule has 2 fully saturated rings. The zero-order valence-electron chi connectivity index (χ0n) is 21.3. The maximum atomic E-state index is 14.1. The van der Waals surface area contributed by atoms with E-state index in [0.29, 0.717) is 17.3 Å². The van der Waals surface area contributed by atoms with Gasteiger partial charge in [-0.3, -0.25) is 4.79 Å². The number of benzene rings is 2. The third-order valence-electron chi connectivity index (χ3n) is 7.50. The van der Waals surface area contributed by atoms with Crippen molar-refractivity contribution in [1.29, 1.82) is 0 Å². The van der Waals surface area contributed by atoms with Gasteiger partial charge in [-0.2, -0.15) is 5.10 Å². The van der Waals surface area contributed by atoms with Crippen LogP contribution in [0.5, 0.6) is 0 Å². The number of fused-ring (bicyclic) bond motifs is 1. The highest BCUT2D eigenvalue weighted by Gasteiger charge is 2.34. The van der Waals surface area contributed by atoms with Gasteiger partial charge in [0.15, 0.2) is 5.82 Å². The number of nitrogens with zero attached hydrogens (tertiary/aromatic N) is 4. The molecule has 190 valence electrons. The molecule has 1 saturated heterocycles. The van der Waals surface area contributed by atoms with Gasteiger partial charge in [-0.25, -0.2) is 8.78 Å². The van der Waals surface area contributed by atoms with E-state index >= 15 is 0 Å². The number of carbonyl (C=O) groups excluding carboxylic acids is 1. The largest absolute Gasteiger partial charge is 0.368 e. The topological polar surface area (TPSA) is 61.4 Å². The number of alkyl halides is 2. The quantitative estimate of drug-likeness (QED) is 0.485. The van der Waals surface area contributed by atoms with Crippen LogP contribution in [0.15, 0.2) is 36.4 Å². The number of halogens is 2. The minimum absolute atomic E-state index is 0.0371. The maximum absolute atomic E-state index is 14.1. The van der Waals surface area contributed by atoms with Crippen LogP contribution in [0.4, 0.5) is 20.3 Å². The molecule has 6 nitrogen and oxygen atoms in total. The standard InChI is InChI=1S/C28H33F2N5O/c1-17-22(6-5-7-25(17)28(4,29)30)18(2)31-26-24-16-21(10-11-23(24)19(3)32-33-26)34-12-14-35(15-13-34)27(36)20-8-9-20/h5-7,10-11,16,18,20H,8-9,12-15H2,1-4H3,(H,31,33)/t18-/m1/s1. The monoisotopic (exact) mass is 493 g/mol. The Bertz CT molecular complexity index is 1290. The van der Waals surface area contributed by atoms with Gasteiger partial charge in [-0.1, -0.05) is 24.3 Å². The molecule has 5 rings (SSSR count). The lowest BCUT2D eigenvalue weighted by Gasteiger charge is -2.36. The molecular weight excluding hydrogens is 460 g/mol. The summed E-state index contributed by atoms with van der Waals surface area (Å²) < 4.78 is 28.2. The lowest BCUT2D eigenvalue weighted by molar-refractivity contribution is -0.132. The normalized spacial score (nSPS) is 17.4. The first-order chi connectivity index (χ1) is 17.1. The number of nitrogens with one attached hydrogen (secondary N) is 1.